The van der Waals surface area contributed by atoms with Crippen molar-refractivity contribution in [1.29, 1.82) is 0 Å². The molecular weight excluding hydrogens is 306 g/mol. The molecule has 0 unspecified atom stereocenters. The van der Waals surface area contributed by atoms with E-state index in [9.17, 15) is 4.79 Å². The van der Waals surface area contributed by atoms with Gasteiger partial charge in [0.2, 0.25) is 12.3 Å². The molecule has 0 radical (unpaired) electrons. The summed E-state index contributed by atoms with van der Waals surface area (Å²) in [5, 5.41) is 14.8. The predicted octanol–water partition coefficient (Wildman–Crippen LogP) is 3.02. The van der Waals surface area contributed by atoms with Crippen LogP contribution in [0, 0.1) is 0 Å². The van der Waals surface area contributed by atoms with Crippen LogP contribution in [0.1, 0.15) is 37.0 Å². The van der Waals surface area contributed by atoms with Crippen molar-refractivity contribution in [2.75, 3.05) is 5.32 Å². The second-order valence-corrected chi connectivity index (χ2v) is 6.57. The Labute approximate surface area is 139 Å². The van der Waals surface area contributed by atoms with Crippen molar-refractivity contribution in [1.82, 2.24) is 20.0 Å². The topological polar surface area (TPSA) is 85.8 Å². The van der Waals surface area contributed by atoms with Gasteiger partial charge in [-0.05, 0) is 24.3 Å². The molecule has 0 atom stereocenters. The summed E-state index contributed by atoms with van der Waals surface area (Å²) in [6, 6.07) is 9.06. The maximum atomic E-state index is 12.5. The fourth-order valence-corrected chi connectivity index (χ4v) is 2.27. The van der Waals surface area contributed by atoms with Gasteiger partial charge in [-0.25, -0.2) is 0 Å². The Morgan fingerprint density at radius 3 is 2.67 bits per heavy atom. The molecule has 2 heterocycles. The van der Waals surface area contributed by atoms with Crippen LogP contribution in [0.5, 0.6) is 0 Å². The summed E-state index contributed by atoms with van der Waals surface area (Å²) in [5.74, 6) is 0.185. The molecule has 3 aromatic rings. The van der Waals surface area contributed by atoms with Crippen molar-refractivity contribution in [2.45, 2.75) is 26.2 Å². The molecule has 0 bridgehead atoms. The van der Waals surface area contributed by atoms with Gasteiger partial charge in [-0.3, -0.25) is 9.48 Å². The summed E-state index contributed by atoms with van der Waals surface area (Å²) >= 11 is 0. The van der Waals surface area contributed by atoms with E-state index in [0.717, 1.165) is 11.3 Å². The lowest BCUT2D eigenvalue weighted by molar-refractivity contribution is 0.101. The summed E-state index contributed by atoms with van der Waals surface area (Å²) in [7, 11) is 1.76. The number of rotatable bonds is 3. The Hall–Kier alpha value is -2.96. The first-order valence-corrected chi connectivity index (χ1v) is 7.57. The number of aryl methyl sites for hydroxylation is 1. The van der Waals surface area contributed by atoms with E-state index in [1.165, 1.54) is 6.39 Å². The van der Waals surface area contributed by atoms with E-state index in [1.54, 1.807) is 23.9 Å². The molecule has 24 heavy (non-hydrogen) atoms. The molecule has 0 saturated carbocycles. The number of aromatic nitrogens is 4. The molecule has 0 aliphatic carbocycles. The second kappa shape index (κ2) is 5.92. The molecule has 1 aromatic carbocycles. The number of anilines is 1. The molecule has 1 amide bonds. The Balaban J connectivity index is 1.83. The summed E-state index contributed by atoms with van der Waals surface area (Å²) < 4.78 is 6.77. The molecular formula is C17H19N5O2. The zero-order valence-electron chi connectivity index (χ0n) is 14.1. The lowest BCUT2D eigenvalue weighted by Gasteiger charge is -2.13. The molecule has 0 spiro atoms. The van der Waals surface area contributed by atoms with Crippen molar-refractivity contribution in [3.8, 4) is 11.5 Å². The van der Waals surface area contributed by atoms with Crippen LogP contribution in [0.4, 0.5) is 5.69 Å². The van der Waals surface area contributed by atoms with Gasteiger partial charge in [0.05, 0.1) is 5.69 Å². The first-order chi connectivity index (χ1) is 11.3. The van der Waals surface area contributed by atoms with E-state index in [-0.39, 0.29) is 11.3 Å². The largest absolute Gasteiger partial charge is 0.423 e. The third kappa shape index (κ3) is 3.19. The van der Waals surface area contributed by atoms with Crippen LogP contribution in [0.2, 0.25) is 0 Å². The van der Waals surface area contributed by atoms with Gasteiger partial charge in [0.15, 0.2) is 0 Å². The third-order valence-electron chi connectivity index (χ3n) is 3.61. The van der Waals surface area contributed by atoms with Gasteiger partial charge in [-0.15, -0.1) is 10.2 Å². The zero-order chi connectivity index (χ0) is 17.3. The van der Waals surface area contributed by atoms with Gasteiger partial charge in [0, 0.05) is 23.7 Å². The zero-order valence-corrected chi connectivity index (χ0v) is 14.1. The number of nitrogens with one attached hydrogen (secondary N) is 1. The highest BCUT2D eigenvalue weighted by atomic mass is 16.4. The van der Waals surface area contributed by atoms with Crippen LogP contribution < -0.4 is 5.32 Å². The number of hydrogen-bond acceptors (Lipinski definition) is 5. The number of amides is 1. The quantitative estimate of drug-likeness (QED) is 0.800. The molecule has 7 heteroatoms. The second-order valence-electron chi connectivity index (χ2n) is 6.57. The highest BCUT2D eigenvalue weighted by molar-refractivity contribution is 6.03. The minimum Gasteiger partial charge on any atom is -0.423 e. The number of carbonyl (C=O) groups excluding carboxylic acids is 1. The Bertz CT molecular complexity index is 859. The first-order valence-electron chi connectivity index (χ1n) is 7.57. The van der Waals surface area contributed by atoms with Gasteiger partial charge in [0.1, 0.15) is 5.69 Å². The van der Waals surface area contributed by atoms with E-state index in [4.69, 9.17) is 4.42 Å². The third-order valence-corrected chi connectivity index (χ3v) is 3.61. The van der Waals surface area contributed by atoms with Crippen molar-refractivity contribution in [3.63, 3.8) is 0 Å². The van der Waals surface area contributed by atoms with E-state index < -0.39 is 0 Å². The lowest BCUT2D eigenvalue weighted by Crippen LogP contribution is -2.16. The summed E-state index contributed by atoms with van der Waals surface area (Å²) in [6.07, 6.45) is 1.27. The average Bonchev–Trinajstić information content (AvgIpc) is 3.16. The van der Waals surface area contributed by atoms with Gasteiger partial charge in [0.25, 0.3) is 5.91 Å². The van der Waals surface area contributed by atoms with Crippen molar-refractivity contribution < 1.29 is 9.21 Å². The lowest BCUT2D eigenvalue weighted by atomic mass is 9.92. The molecule has 0 aliphatic rings. The fourth-order valence-electron chi connectivity index (χ4n) is 2.27. The van der Waals surface area contributed by atoms with E-state index in [0.29, 0.717) is 17.3 Å². The molecule has 0 aliphatic heterocycles. The highest BCUT2D eigenvalue weighted by Gasteiger charge is 2.21. The van der Waals surface area contributed by atoms with E-state index in [1.807, 2.05) is 18.2 Å². The SMILES string of the molecule is Cn1nc(C(C)(C)C)cc1C(=O)Nc1cccc(-c2nnco2)c1. The molecule has 7 nitrogen and oxygen atoms in total. The minimum atomic E-state index is -0.219. The Morgan fingerprint density at radius 2 is 2.04 bits per heavy atom. The normalized spacial score (nSPS) is 11.5. The monoisotopic (exact) mass is 325 g/mol. The molecule has 3 rings (SSSR count). The van der Waals surface area contributed by atoms with Gasteiger partial charge in [-0.2, -0.15) is 5.10 Å². The van der Waals surface area contributed by atoms with Gasteiger partial charge in [-0.1, -0.05) is 26.8 Å². The van der Waals surface area contributed by atoms with Crippen LogP contribution in [0.3, 0.4) is 0 Å². The maximum Gasteiger partial charge on any atom is 0.273 e. The summed E-state index contributed by atoms with van der Waals surface area (Å²) in [5.41, 5.74) is 2.64. The molecule has 0 fully saturated rings. The fraction of sp³-hybridized carbons (Fsp3) is 0.294. The van der Waals surface area contributed by atoms with Crippen LogP contribution in [-0.4, -0.2) is 25.9 Å². The first kappa shape index (κ1) is 15.9. The van der Waals surface area contributed by atoms with Crippen LogP contribution in [0.15, 0.2) is 41.1 Å². The average molecular weight is 325 g/mol. The minimum absolute atomic E-state index is 0.117. The van der Waals surface area contributed by atoms with Gasteiger partial charge >= 0.3 is 0 Å². The van der Waals surface area contributed by atoms with E-state index in [2.05, 4.69) is 41.4 Å². The number of hydrogen-bond donors (Lipinski definition) is 1. The van der Waals surface area contributed by atoms with Crippen LogP contribution >= 0.6 is 0 Å². The maximum absolute atomic E-state index is 12.5. The smallest absolute Gasteiger partial charge is 0.273 e. The standard InChI is InChI=1S/C17H19N5O2/c1-17(2,3)14-9-13(22(4)21-14)15(23)19-12-7-5-6-11(8-12)16-20-18-10-24-16/h5-10H,1-4H3,(H,19,23). The van der Waals surface area contributed by atoms with Crippen LogP contribution in [0.25, 0.3) is 11.5 Å². The van der Waals surface area contributed by atoms with Crippen LogP contribution in [-0.2, 0) is 12.5 Å². The van der Waals surface area contributed by atoms with Gasteiger partial charge < -0.3 is 9.73 Å². The van der Waals surface area contributed by atoms with Crippen molar-refractivity contribution in [3.05, 3.63) is 48.1 Å². The number of nitrogens with zero attached hydrogens (tertiary/aromatic N) is 4. The van der Waals surface area contributed by atoms with E-state index >= 15 is 0 Å². The summed E-state index contributed by atoms with van der Waals surface area (Å²) in [4.78, 5) is 12.5. The predicted molar refractivity (Wildman–Crippen MR) is 89.6 cm³/mol. The molecule has 1 N–H and O–H groups in total. The van der Waals surface area contributed by atoms with Crippen molar-refractivity contribution in [2.24, 2.45) is 7.05 Å². The molecule has 2 aromatic heterocycles. The van der Waals surface area contributed by atoms with Crippen molar-refractivity contribution >= 4 is 11.6 Å². The molecule has 0 saturated heterocycles. The Kier molecular flexibility index (Phi) is 3.92. The highest BCUT2D eigenvalue weighted by Crippen LogP contribution is 2.23. The summed E-state index contributed by atoms with van der Waals surface area (Å²) in [6.45, 7) is 6.18. The Morgan fingerprint density at radius 1 is 1.25 bits per heavy atom. The molecule has 124 valence electrons. The number of carbonyl (C=O) groups is 1. The number of benzene rings is 1.